The van der Waals surface area contributed by atoms with Crippen LogP contribution in [0.5, 0.6) is 0 Å². The first-order valence-electron chi connectivity index (χ1n) is 5.20. The summed E-state index contributed by atoms with van der Waals surface area (Å²) in [6.07, 6.45) is 0. The maximum absolute atomic E-state index is 8.95. The van der Waals surface area contributed by atoms with Gasteiger partial charge in [0.15, 0.2) is 0 Å². The summed E-state index contributed by atoms with van der Waals surface area (Å²) in [4.78, 5) is 0. The van der Waals surface area contributed by atoms with E-state index >= 15 is 0 Å². The molecular weight excluding hydrogens is 208 g/mol. The normalized spacial score (nSPS) is 10.6. The molecule has 0 aliphatic carbocycles. The summed E-state index contributed by atoms with van der Waals surface area (Å²) in [6.45, 7) is 1.91. The van der Waals surface area contributed by atoms with Crippen molar-refractivity contribution in [2.24, 2.45) is 0 Å². The first-order chi connectivity index (χ1) is 7.86. The second kappa shape index (κ2) is 8.24. The predicted octanol–water partition coefficient (Wildman–Crippen LogP) is 1.32. The molecular formula is C12H18O4. The van der Waals surface area contributed by atoms with E-state index in [0.29, 0.717) is 19.8 Å². The number of aliphatic hydroxyl groups excluding tert-OH is 1. The number of methoxy groups -OCH3 is 1. The van der Waals surface area contributed by atoms with Crippen LogP contribution in [0.3, 0.4) is 0 Å². The molecule has 0 heterocycles. The summed E-state index contributed by atoms with van der Waals surface area (Å²) in [5.74, 6) is 0. The Morgan fingerprint density at radius 1 is 1.12 bits per heavy atom. The molecule has 0 fully saturated rings. The summed E-state index contributed by atoms with van der Waals surface area (Å²) < 4.78 is 15.3. The molecule has 0 atom stereocenters. The van der Waals surface area contributed by atoms with Gasteiger partial charge in [-0.15, -0.1) is 0 Å². The van der Waals surface area contributed by atoms with Gasteiger partial charge in [0.25, 0.3) is 0 Å². The molecule has 16 heavy (non-hydrogen) atoms. The van der Waals surface area contributed by atoms with Crippen molar-refractivity contribution in [2.75, 3.05) is 27.1 Å². The molecule has 0 saturated heterocycles. The minimum absolute atomic E-state index is 0.0537. The summed E-state index contributed by atoms with van der Waals surface area (Å²) in [6, 6.07) is 7.64. The number of benzene rings is 1. The van der Waals surface area contributed by atoms with E-state index in [9.17, 15) is 0 Å². The van der Waals surface area contributed by atoms with Gasteiger partial charge in [-0.05, 0) is 11.1 Å². The van der Waals surface area contributed by atoms with E-state index in [4.69, 9.17) is 19.3 Å². The van der Waals surface area contributed by atoms with Crippen molar-refractivity contribution in [1.82, 2.24) is 0 Å². The predicted molar refractivity (Wildman–Crippen MR) is 59.8 cm³/mol. The third-order valence-corrected chi connectivity index (χ3v) is 2.04. The van der Waals surface area contributed by atoms with E-state index in [2.05, 4.69) is 0 Å². The highest BCUT2D eigenvalue weighted by Gasteiger charge is 1.95. The number of hydrogen-bond donors (Lipinski definition) is 1. The summed E-state index contributed by atoms with van der Waals surface area (Å²) in [7, 11) is 1.63. The fraction of sp³-hybridized carbons (Fsp3) is 0.500. The Morgan fingerprint density at radius 2 is 1.94 bits per heavy atom. The van der Waals surface area contributed by atoms with Gasteiger partial charge in [-0.3, -0.25) is 0 Å². The van der Waals surface area contributed by atoms with Crippen molar-refractivity contribution in [1.29, 1.82) is 0 Å². The molecule has 0 saturated carbocycles. The van der Waals surface area contributed by atoms with Gasteiger partial charge in [-0.25, -0.2) is 0 Å². The summed E-state index contributed by atoms with van der Waals surface area (Å²) in [5, 5.41) is 8.95. The molecule has 1 aromatic rings. The van der Waals surface area contributed by atoms with Crippen LogP contribution in [0.4, 0.5) is 0 Å². The molecule has 0 spiro atoms. The van der Waals surface area contributed by atoms with Crippen LogP contribution in [0.15, 0.2) is 24.3 Å². The van der Waals surface area contributed by atoms with E-state index in [1.54, 1.807) is 7.11 Å². The smallest absolute Gasteiger partial charge is 0.147 e. The van der Waals surface area contributed by atoms with Gasteiger partial charge in [-0.1, -0.05) is 24.3 Å². The van der Waals surface area contributed by atoms with Crippen LogP contribution >= 0.6 is 0 Å². The van der Waals surface area contributed by atoms with Crippen LogP contribution in [0.2, 0.25) is 0 Å². The van der Waals surface area contributed by atoms with Crippen molar-refractivity contribution in [3.8, 4) is 0 Å². The lowest BCUT2D eigenvalue weighted by molar-refractivity contribution is -0.0725. The largest absolute Gasteiger partial charge is 0.392 e. The van der Waals surface area contributed by atoms with Gasteiger partial charge in [-0.2, -0.15) is 0 Å². The molecule has 4 heteroatoms. The molecule has 0 unspecified atom stereocenters. The average molecular weight is 226 g/mol. The zero-order chi connectivity index (χ0) is 11.6. The van der Waals surface area contributed by atoms with Crippen molar-refractivity contribution in [3.63, 3.8) is 0 Å². The van der Waals surface area contributed by atoms with Crippen LogP contribution in [0.1, 0.15) is 11.1 Å². The molecule has 1 rings (SSSR count). The molecule has 90 valence electrons. The second-order valence-electron chi connectivity index (χ2n) is 3.35. The van der Waals surface area contributed by atoms with Crippen LogP contribution in [0.25, 0.3) is 0 Å². The molecule has 0 bridgehead atoms. The molecule has 1 aromatic carbocycles. The Morgan fingerprint density at radius 3 is 2.69 bits per heavy atom. The second-order valence-corrected chi connectivity index (χ2v) is 3.35. The van der Waals surface area contributed by atoms with Crippen molar-refractivity contribution < 1.29 is 19.3 Å². The van der Waals surface area contributed by atoms with Gasteiger partial charge >= 0.3 is 0 Å². The van der Waals surface area contributed by atoms with Gasteiger partial charge in [0.1, 0.15) is 6.79 Å². The quantitative estimate of drug-likeness (QED) is 0.536. The average Bonchev–Trinajstić information content (AvgIpc) is 2.34. The SMILES string of the molecule is COCCOCOCc1cccc(CO)c1. The Kier molecular flexibility index (Phi) is 6.76. The maximum Gasteiger partial charge on any atom is 0.147 e. The first kappa shape index (κ1) is 13.1. The van der Waals surface area contributed by atoms with E-state index in [1.165, 1.54) is 0 Å². The molecule has 0 amide bonds. The standard InChI is InChI=1S/C12H18O4/c1-14-5-6-15-10-16-9-12-4-2-3-11(7-12)8-13/h2-4,7,13H,5-6,8-10H2,1H3. The molecule has 0 radical (unpaired) electrons. The van der Waals surface area contributed by atoms with Gasteiger partial charge in [0, 0.05) is 7.11 Å². The Bertz CT molecular complexity index is 288. The number of ether oxygens (including phenoxy) is 3. The van der Waals surface area contributed by atoms with Crippen LogP contribution in [-0.4, -0.2) is 32.2 Å². The van der Waals surface area contributed by atoms with E-state index < -0.39 is 0 Å². The third kappa shape index (κ3) is 5.23. The monoisotopic (exact) mass is 226 g/mol. The third-order valence-electron chi connectivity index (χ3n) is 2.04. The highest BCUT2D eigenvalue weighted by Crippen LogP contribution is 2.06. The van der Waals surface area contributed by atoms with Crippen LogP contribution in [0, 0.1) is 0 Å². The van der Waals surface area contributed by atoms with Crippen molar-refractivity contribution in [2.45, 2.75) is 13.2 Å². The van der Waals surface area contributed by atoms with Gasteiger partial charge < -0.3 is 19.3 Å². The van der Waals surface area contributed by atoms with Gasteiger partial charge in [0.05, 0.1) is 26.4 Å². The zero-order valence-electron chi connectivity index (χ0n) is 9.52. The molecule has 1 N–H and O–H groups in total. The maximum atomic E-state index is 8.95. The van der Waals surface area contributed by atoms with Crippen molar-refractivity contribution in [3.05, 3.63) is 35.4 Å². The number of rotatable bonds is 8. The van der Waals surface area contributed by atoms with Crippen LogP contribution < -0.4 is 0 Å². The topological polar surface area (TPSA) is 47.9 Å². The molecule has 4 nitrogen and oxygen atoms in total. The first-order valence-corrected chi connectivity index (χ1v) is 5.20. The number of aliphatic hydroxyl groups is 1. The Hall–Kier alpha value is -0.940. The molecule has 0 aliphatic heterocycles. The fourth-order valence-corrected chi connectivity index (χ4v) is 1.24. The summed E-state index contributed by atoms with van der Waals surface area (Å²) in [5.41, 5.74) is 1.92. The van der Waals surface area contributed by atoms with Gasteiger partial charge in [0.2, 0.25) is 0 Å². The Balaban J connectivity index is 2.16. The lowest BCUT2D eigenvalue weighted by Crippen LogP contribution is -2.05. The minimum Gasteiger partial charge on any atom is -0.392 e. The van der Waals surface area contributed by atoms with Crippen LogP contribution in [-0.2, 0) is 27.4 Å². The summed E-state index contributed by atoms with van der Waals surface area (Å²) >= 11 is 0. The lowest BCUT2D eigenvalue weighted by Gasteiger charge is -2.06. The minimum atomic E-state index is 0.0537. The van der Waals surface area contributed by atoms with Crippen molar-refractivity contribution >= 4 is 0 Å². The zero-order valence-corrected chi connectivity index (χ0v) is 9.52. The lowest BCUT2D eigenvalue weighted by atomic mass is 10.1. The van der Waals surface area contributed by atoms with E-state index in [0.717, 1.165) is 11.1 Å². The highest BCUT2D eigenvalue weighted by atomic mass is 16.7. The number of hydrogen-bond acceptors (Lipinski definition) is 4. The van der Waals surface area contributed by atoms with E-state index in [-0.39, 0.29) is 13.4 Å². The Labute approximate surface area is 95.8 Å². The molecule has 0 aliphatic rings. The molecule has 0 aromatic heterocycles. The van der Waals surface area contributed by atoms with E-state index in [1.807, 2.05) is 24.3 Å². The highest BCUT2D eigenvalue weighted by molar-refractivity contribution is 5.22. The fourth-order valence-electron chi connectivity index (χ4n) is 1.24.